The van der Waals surface area contributed by atoms with Crippen LogP contribution in [0.25, 0.3) is 0 Å². The zero-order valence-electron chi connectivity index (χ0n) is 10.0. The topological polar surface area (TPSA) is 40.6 Å². The number of hydrogen-bond acceptors (Lipinski definition) is 2. The third-order valence-electron chi connectivity index (χ3n) is 3.77. The molecule has 2 aliphatic rings. The van der Waals surface area contributed by atoms with E-state index >= 15 is 0 Å². The summed E-state index contributed by atoms with van der Waals surface area (Å²) in [5.74, 6) is -0.826. The number of rotatable bonds is 2. The molecule has 2 rings (SSSR count). The number of piperazine rings is 1. The number of hydrogen-bond donors (Lipinski definition) is 0. The fourth-order valence-electron chi connectivity index (χ4n) is 2.40. The summed E-state index contributed by atoms with van der Waals surface area (Å²) in [7, 11) is 0. The first-order valence-electron chi connectivity index (χ1n) is 5.89. The zero-order valence-corrected chi connectivity index (χ0v) is 10.0. The second-order valence-corrected chi connectivity index (χ2v) is 5.03. The quantitative estimate of drug-likeness (QED) is 0.699. The zero-order chi connectivity index (χ0) is 13.6. The minimum Gasteiger partial charge on any atom is -0.341 e. The Morgan fingerprint density at radius 1 is 1.33 bits per heavy atom. The van der Waals surface area contributed by atoms with Crippen LogP contribution in [0.5, 0.6) is 0 Å². The monoisotopic (exact) mass is 264 g/mol. The van der Waals surface area contributed by atoms with E-state index in [4.69, 9.17) is 0 Å². The molecule has 0 bridgehead atoms. The summed E-state index contributed by atoms with van der Waals surface area (Å²) in [5.41, 5.74) is -2.15. The fraction of sp³-hybridized carbons (Fsp3) is 0.818. The molecule has 1 aliphatic heterocycles. The Hall–Kier alpha value is -1.27. The van der Waals surface area contributed by atoms with Crippen molar-refractivity contribution in [2.75, 3.05) is 19.6 Å². The molecule has 0 spiro atoms. The Bertz CT molecular complexity index is 366. The van der Waals surface area contributed by atoms with Crippen molar-refractivity contribution in [1.29, 1.82) is 0 Å². The van der Waals surface area contributed by atoms with Crippen LogP contribution in [0.15, 0.2) is 0 Å². The van der Waals surface area contributed by atoms with Crippen LogP contribution < -0.4 is 0 Å². The van der Waals surface area contributed by atoms with Gasteiger partial charge in [-0.05, 0) is 19.8 Å². The second kappa shape index (κ2) is 4.13. The van der Waals surface area contributed by atoms with Gasteiger partial charge in [-0.2, -0.15) is 13.2 Å². The second-order valence-electron chi connectivity index (χ2n) is 5.03. The van der Waals surface area contributed by atoms with E-state index in [2.05, 4.69) is 0 Å². The average molecular weight is 264 g/mol. The molecule has 2 amide bonds. The SMILES string of the molecule is CC1CN(C=O)CCN1C(=O)C1(C(F)(F)F)CC1. The molecule has 1 saturated heterocycles. The molecule has 0 aromatic heterocycles. The third-order valence-corrected chi connectivity index (χ3v) is 3.77. The molecule has 2 fully saturated rings. The van der Waals surface area contributed by atoms with Gasteiger partial charge in [0.25, 0.3) is 0 Å². The van der Waals surface area contributed by atoms with Crippen molar-refractivity contribution in [2.24, 2.45) is 5.41 Å². The lowest BCUT2D eigenvalue weighted by Crippen LogP contribution is -2.57. The molecule has 0 N–H and O–H groups in total. The summed E-state index contributed by atoms with van der Waals surface area (Å²) in [6.45, 7) is 2.44. The van der Waals surface area contributed by atoms with Gasteiger partial charge in [0.1, 0.15) is 5.41 Å². The van der Waals surface area contributed by atoms with Crippen LogP contribution in [0, 0.1) is 5.41 Å². The summed E-state index contributed by atoms with van der Waals surface area (Å²) in [6.07, 6.45) is -4.04. The van der Waals surface area contributed by atoms with E-state index in [-0.39, 0.29) is 25.4 Å². The summed E-state index contributed by atoms with van der Waals surface area (Å²) >= 11 is 0. The van der Waals surface area contributed by atoms with Gasteiger partial charge in [-0.15, -0.1) is 0 Å². The molecular formula is C11H15F3N2O2. The molecule has 0 aromatic rings. The Morgan fingerprint density at radius 3 is 2.33 bits per heavy atom. The number of halogens is 3. The van der Waals surface area contributed by atoms with Crippen molar-refractivity contribution in [3.63, 3.8) is 0 Å². The van der Waals surface area contributed by atoms with E-state index in [9.17, 15) is 22.8 Å². The number of alkyl halides is 3. The Morgan fingerprint density at radius 2 is 1.94 bits per heavy atom. The molecule has 1 heterocycles. The van der Waals surface area contributed by atoms with Crippen LogP contribution in [0.1, 0.15) is 19.8 Å². The number of carbonyl (C=O) groups is 2. The first-order valence-corrected chi connectivity index (χ1v) is 5.89. The van der Waals surface area contributed by atoms with E-state index in [1.807, 2.05) is 0 Å². The van der Waals surface area contributed by atoms with E-state index < -0.39 is 17.5 Å². The van der Waals surface area contributed by atoms with Crippen molar-refractivity contribution in [1.82, 2.24) is 9.80 Å². The Balaban J connectivity index is 2.09. The van der Waals surface area contributed by atoms with E-state index in [1.165, 1.54) is 9.80 Å². The predicted octanol–water partition coefficient (Wildman–Crippen LogP) is 1.02. The maximum Gasteiger partial charge on any atom is 0.403 e. The predicted molar refractivity (Wildman–Crippen MR) is 56.5 cm³/mol. The van der Waals surface area contributed by atoms with E-state index in [1.54, 1.807) is 6.92 Å². The lowest BCUT2D eigenvalue weighted by molar-refractivity contribution is -0.200. The molecule has 18 heavy (non-hydrogen) atoms. The highest BCUT2D eigenvalue weighted by Gasteiger charge is 2.69. The number of carbonyl (C=O) groups excluding carboxylic acids is 2. The molecule has 0 aromatic carbocycles. The van der Waals surface area contributed by atoms with E-state index in [0.717, 1.165) is 0 Å². The largest absolute Gasteiger partial charge is 0.403 e. The van der Waals surface area contributed by atoms with Gasteiger partial charge in [0, 0.05) is 25.7 Å². The molecule has 4 nitrogen and oxygen atoms in total. The van der Waals surface area contributed by atoms with Gasteiger partial charge in [-0.25, -0.2) is 0 Å². The van der Waals surface area contributed by atoms with Gasteiger partial charge in [0.2, 0.25) is 12.3 Å². The van der Waals surface area contributed by atoms with Gasteiger partial charge >= 0.3 is 6.18 Å². The fourth-order valence-corrected chi connectivity index (χ4v) is 2.40. The maximum atomic E-state index is 12.9. The van der Waals surface area contributed by atoms with Crippen LogP contribution in [-0.2, 0) is 9.59 Å². The third kappa shape index (κ3) is 1.95. The van der Waals surface area contributed by atoms with Crippen LogP contribution in [0.3, 0.4) is 0 Å². The van der Waals surface area contributed by atoms with Crippen LogP contribution >= 0.6 is 0 Å². The van der Waals surface area contributed by atoms with E-state index in [0.29, 0.717) is 19.5 Å². The molecule has 1 aliphatic carbocycles. The van der Waals surface area contributed by atoms with Crippen LogP contribution in [0.4, 0.5) is 13.2 Å². The highest BCUT2D eigenvalue weighted by Crippen LogP contribution is 2.58. The first kappa shape index (κ1) is 13.2. The van der Waals surface area contributed by atoms with Crippen molar-refractivity contribution >= 4 is 12.3 Å². The van der Waals surface area contributed by atoms with Gasteiger partial charge < -0.3 is 9.80 Å². The Kier molecular flexibility index (Phi) is 3.03. The first-order chi connectivity index (χ1) is 8.32. The van der Waals surface area contributed by atoms with Crippen molar-refractivity contribution in [2.45, 2.75) is 32.0 Å². The molecule has 1 unspecified atom stereocenters. The van der Waals surface area contributed by atoms with Crippen LogP contribution in [-0.4, -0.2) is 54.0 Å². The van der Waals surface area contributed by atoms with Crippen LogP contribution in [0.2, 0.25) is 0 Å². The molecule has 102 valence electrons. The minimum absolute atomic E-state index is 0.115. The van der Waals surface area contributed by atoms with Crippen molar-refractivity contribution in [3.05, 3.63) is 0 Å². The van der Waals surface area contributed by atoms with Crippen molar-refractivity contribution < 1.29 is 22.8 Å². The standard InChI is InChI=1S/C11H15F3N2O2/c1-8-6-15(7-17)4-5-16(8)9(18)10(2-3-10)11(12,13)14/h7-8H,2-6H2,1H3. The number of amides is 2. The molecule has 1 saturated carbocycles. The summed E-state index contributed by atoms with van der Waals surface area (Å²) in [4.78, 5) is 25.4. The van der Waals surface area contributed by atoms with Crippen molar-refractivity contribution in [3.8, 4) is 0 Å². The molecule has 7 heteroatoms. The lowest BCUT2D eigenvalue weighted by atomic mass is 10.0. The normalized spacial score (nSPS) is 27.0. The Labute approximate surface area is 103 Å². The highest BCUT2D eigenvalue weighted by atomic mass is 19.4. The lowest BCUT2D eigenvalue weighted by Gasteiger charge is -2.40. The highest BCUT2D eigenvalue weighted by molar-refractivity contribution is 5.86. The molecule has 1 atom stereocenters. The van der Waals surface area contributed by atoms with Gasteiger partial charge in [-0.1, -0.05) is 0 Å². The number of nitrogens with zero attached hydrogens (tertiary/aromatic N) is 2. The summed E-state index contributed by atoms with van der Waals surface area (Å²) < 4.78 is 38.6. The minimum atomic E-state index is -4.47. The van der Waals surface area contributed by atoms with Gasteiger partial charge in [0.15, 0.2) is 0 Å². The smallest absolute Gasteiger partial charge is 0.341 e. The average Bonchev–Trinajstić information content (AvgIpc) is 3.08. The molecular weight excluding hydrogens is 249 g/mol. The summed E-state index contributed by atoms with van der Waals surface area (Å²) in [6, 6.07) is -0.365. The van der Waals surface area contributed by atoms with Gasteiger partial charge in [0.05, 0.1) is 0 Å². The summed E-state index contributed by atoms with van der Waals surface area (Å²) in [5, 5.41) is 0. The molecule has 0 radical (unpaired) electrons. The maximum absolute atomic E-state index is 12.9. The van der Waals surface area contributed by atoms with Gasteiger partial charge in [-0.3, -0.25) is 9.59 Å².